The van der Waals surface area contributed by atoms with E-state index in [1.54, 1.807) is 0 Å². The van der Waals surface area contributed by atoms with Crippen LogP contribution in [-0.2, 0) is 0 Å². The van der Waals surface area contributed by atoms with E-state index in [9.17, 15) is 4.39 Å². The molecule has 8 heavy (non-hydrogen) atoms. The molecule has 1 nitrogen and oxygen atoms in total. The molecule has 2 fully saturated rings. The minimum Gasteiger partial charge on any atom is -0.316 e. The monoisotopic (exact) mass is 115 g/mol. The van der Waals surface area contributed by atoms with E-state index >= 15 is 0 Å². The average molecular weight is 115 g/mol. The summed E-state index contributed by atoms with van der Waals surface area (Å²) in [5.41, 5.74) is 0.125. The lowest BCUT2D eigenvalue weighted by Gasteiger charge is -2.01. The van der Waals surface area contributed by atoms with E-state index in [4.69, 9.17) is 0 Å². The fraction of sp³-hybridized carbons (Fsp3) is 1.00. The Hall–Kier alpha value is -0.110. The van der Waals surface area contributed by atoms with Crippen molar-refractivity contribution >= 4 is 0 Å². The molecule has 1 aliphatic carbocycles. The molecule has 0 aromatic rings. The van der Waals surface area contributed by atoms with Gasteiger partial charge in [-0.3, -0.25) is 4.39 Å². The van der Waals surface area contributed by atoms with Crippen molar-refractivity contribution in [3.8, 4) is 0 Å². The number of piperidine rings is 1. The van der Waals surface area contributed by atoms with E-state index in [0.717, 1.165) is 19.5 Å². The van der Waals surface area contributed by atoms with Gasteiger partial charge in [0.2, 0.25) is 0 Å². The number of alkyl halides is 1. The minimum atomic E-state index is -0.106. The number of nitrogens with one attached hydrogen (secondary N) is 1. The Morgan fingerprint density at radius 3 is 2.88 bits per heavy atom. The van der Waals surface area contributed by atoms with Gasteiger partial charge in [-0.25, -0.2) is 0 Å². The Balaban J connectivity index is 2.08. The van der Waals surface area contributed by atoms with Crippen LogP contribution in [0.25, 0.3) is 0 Å². The second-order valence-corrected chi connectivity index (χ2v) is 3.03. The predicted molar refractivity (Wildman–Crippen MR) is 29.4 cm³/mol. The van der Waals surface area contributed by atoms with Crippen LogP contribution in [0.3, 0.4) is 0 Å². The molecule has 0 amide bonds. The largest absolute Gasteiger partial charge is 0.316 e. The highest BCUT2D eigenvalue weighted by molar-refractivity contribution is 5.08. The van der Waals surface area contributed by atoms with Crippen LogP contribution < -0.4 is 5.32 Å². The summed E-state index contributed by atoms with van der Waals surface area (Å²) < 4.78 is 12.1. The molecule has 0 spiro atoms. The molecule has 0 aromatic carbocycles. The second-order valence-electron chi connectivity index (χ2n) is 3.03. The summed E-state index contributed by atoms with van der Waals surface area (Å²) in [4.78, 5) is 0. The van der Waals surface area contributed by atoms with Gasteiger partial charge >= 0.3 is 0 Å². The summed E-state index contributed by atoms with van der Waals surface area (Å²) in [5, 5.41) is 3.17. The van der Waals surface area contributed by atoms with E-state index in [1.807, 2.05) is 0 Å². The van der Waals surface area contributed by atoms with Crippen LogP contribution in [0.2, 0.25) is 0 Å². The van der Waals surface area contributed by atoms with Crippen molar-refractivity contribution in [2.45, 2.75) is 6.42 Å². The summed E-state index contributed by atoms with van der Waals surface area (Å²) in [7, 11) is 0. The summed E-state index contributed by atoms with van der Waals surface area (Å²) in [6, 6.07) is 0. The van der Waals surface area contributed by atoms with Crippen LogP contribution >= 0.6 is 0 Å². The number of halogens is 1. The van der Waals surface area contributed by atoms with Crippen LogP contribution in [0.4, 0.5) is 4.39 Å². The Morgan fingerprint density at radius 2 is 2.62 bits per heavy atom. The summed E-state index contributed by atoms with van der Waals surface area (Å²) in [6.07, 6.45) is 1.14. The quantitative estimate of drug-likeness (QED) is 0.526. The molecule has 1 aliphatic heterocycles. The zero-order valence-corrected chi connectivity index (χ0v) is 4.78. The maximum atomic E-state index is 12.1. The van der Waals surface area contributed by atoms with E-state index in [2.05, 4.69) is 5.32 Å². The van der Waals surface area contributed by atoms with Crippen LogP contribution in [0.5, 0.6) is 0 Å². The molecule has 2 rings (SSSR count). The van der Waals surface area contributed by atoms with Gasteiger partial charge in [0.25, 0.3) is 0 Å². The van der Waals surface area contributed by atoms with Gasteiger partial charge in [-0.2, -0.15) is 0 Å². The molecule has 0 radical (unpaired) electrons. The molecule has 46 valence electrons. The maximum Gasteiger partial charge on any atom is 0.0966 e. The van der Waals surface area contributed by atoms with Crippen LogP contribution in [0.1, 0.15) is 6.42 Å². The van der Waals surface area contributed by atoms with E-state index in [1.165, 1.54) is 0 Å². The first-order chi connectivity index (χ1) is 3.87. The predicted octanol–water partition coefficient (Wildman–Crippen LogP) is 0.565. The van der Waals surface area contributed by atoms with Gasteiger partial charge in [-0.15, -0.1) is 0 Å². The number of fused-ring (bicyclic) bond motifs is 1. The van der Waals surface area contributed by atoms with Crippen molar-refractivity contribution < 1.29 is 4.39 Å². The molecule has 2 atom stereocenters. The van der Waals surface area contributed by atoms with E-state index in [0.29, 0.717) is 5.92 Å². The molecule has 2 heteroatoms. The molecule has 2 aliphatic rings. The van der Waals surface area contributed by atoms with Gasteiger partial charge in [0.15, 0.2) is 0 Å². The van der Waals surface area contributed by atoms with Crippen molar-refractivity contribution in [1.82, 2.24) is 5.32 Å². The van der Waals surface area contributed by atoms with Crippen molar-refractivity contribution in [3.63, 3.8) is 0 Å². The SMILES string of the molecule is FCC12CNCC1C2. The minimum absolute atomic E-state index is 0.106. The highest BCUT2D eigenvalue weighted by Crippen LogP contribution is 2.54. The third kappa shape index (κ3) is 0.395. The molecule has 1 saturated heterocycles. The Morgan fingerprint density at radius 1 is 1.75 bits per heavy atom. The van der Waals surface area contributed by atoms with Crippen LogP contribution in [0.15, 0.2) is 0 Å². The van der Waals surface area contributed by atoms with Gasteiger partial charge in [0.1, 0.15) is 0 Å². The maximum absolute atomic E-state index is 12.1. The lowest BCUT2D eigenvalue weighted by atomic mass is 10.1. The summed E-state index contributed by atoms with van der Waals surface area (Å²) >= 11 is 0. The molecule has 0 aromatic heterocycles. The van der Waals surface area contributed by atoms with Gasteiger partial charge in [0, 0.05) is 12.0 Å². The number of rotatable bonds is 1. The standard InChI is InChI=1S/C6H10FN/c7-3-6-1-5(6)2-8-4-6/h5,8H,1-4H2. The van der Waals surface area contributed by atoms with E-state index < -0.39 is 0 Å². The lowest BCUT2D eigenvalue weighted by Crippen LogP contribution is -2.17. The van der Waals surface area contributed by atoms with E-state index in [-0.39, 0.29) is 12.1 Å². The third-order valence-corrected chi connectivity index (χ3v) is 2.49. The highest BCUT2D eigenvalue weighted by Gasteiger charge is 2.57. The van der Waals surface area contributed by atoms with Crippen molar-refractivity contribution in [3.05, 3.63) is 0 Å². The number of hydrogen-bond acceptors (Lipinski definition) is 1. The van der Waals surface area contributed by atoms with Crippen molar-refractivity contribution in [1.29, 1.82) is 0 Å². The fourth-order valence-corrected chi connectivity index (χ4v) is 1.64. The highest BCUT2D eigenvalue weighted by atomic mass is 19.1. The molecule has 1 N–H and O–H groups in total. The third-order valence-electron chi connectivity index (χ3n) is 2.49. The van der Waals surface area contributed by atoms with Gasteiger partial charge in [-0.05, 0) is 18.9 Å². The Kier molecular flexibility index (Phi) is 0.734. The van der Waals surface area contributed by atoms with Gasteiger partial charge in [-0.1, -0.05) is 0 Å². The molecular weight excluding hydrogens is 105 g/mol. The molecule has 1 saturated carbocycles. The first kappa shape index (κ1) is 4.74. The molecule has 1 heterocycles. The zero-order valence-electron chi connectivity index (χ0n) is 4.78. The molecule has 2 unspecified atom stereocenters. The fourth-order valence-electron chi connectivity index (χ4n) is 1.64. The van der Waals surface area contributed by atoms with Gasteiger partial charge < -0.3 is 5.32 Å². The van der Waals surface area contributed by atoms with Crippen molar-refractivity contribution in [2.24, 2.45) is 11.3 Å². The normalized spacial score (nSPS) is 51.4. The smallest absolute Gasteiger partial charge is 0.0966 e. The lowest BCUT2D eigenvalue weighted by molar-refractivity contribution is 0.345. The summed E-state index contributed by atoms with van der Waals surface area (Å²) in [5.74, 6) is 0.687. The average Bonchev–Trinajstić information content (AvgIpc) is 2.38. The van der Waals surface area contributed by atoms with Gasteiger partial charge in [0.05, 0.1) is 6.67 Å². The zero-order chi connectivity index (χ0) is 5.61. The topological polar surface area (TPSA) is 12.0 Å². The van der Waals surface area contributed by atoms with Crippen LogP contribution in [-0.4, -0.2) is 19.8 Å². The van der Waals surface area contributed by atoms with Crippen LogP contribution in [0, 0.1) is 11.3 Å². The molecular formula is C6H10FN. The second kappa shape index (κ2) is 1.24. The Bertz CT molecular complexity index is 111. The first-order valence-electron chi connectivity index (χ1n) is 3.14. The summed E-state index contributed by atoms with van der Waals surface area (Å²) in [6.45, 7) is 1.88. The number of hydrogen-bond donors (Lipinski definition) is 1. The molecule has 0 bridgehead atoms. The van der Waals surface area contributed by atoms with Crippen molar-refractivity contribution in [2.75, 3.05) is 19.8 Å². The first-order valence-corrected chi connectivity index (χ1v) is 3.14. The Labute approximate surface area is 48.3 Å².